The molecule has 1 fully saturated rings. The lowest BCUT2D eigenvalue weighted by atomic mass is 10.1. The molecule has 1 aliphatic rings. The molecule has 4 rings (SSSR count). The van der Waals surface area contributed by atoms with Crippen LogP contribution in [0.2, 0.25) is 0 Å². The molecule has 2 aromatic heterocycles. The van der Waals surface area contributed by atoms with Crippen molar-refractivity contribution in [1.29, 1.82) is 0 Å². The number of piperazine rings is 1. The lowest BCUT2D eigenvalue weighted by Crippen LogP contribution is -2.49. The smallest absolute Gasteiger partial charge is 0.332 e. The van der Waals surface area contributed by atoms with Gasteiger partial charge in [0.25, 0.3) is 17.0 Å². The molecule has 0 radical (unpaired) electrons. The van der Waals surface area contributed by atoms with Gasteiger partial charge in [0.15, 0.2) is 0 Å². The Labute approximate surface area is 184 Å². The van der Waals surface area contributed by atoms with Gasteiger partial charge in [-0.25, -0.2) is 4.79 Å². The van der Waals surface area contributed by atoms with Crippen molar-refractivity contribution in [3.63, 3.8) is 0 Å². The fraction of sp³-hybridized carbons (Fsp3) is 0.391. The third-order valence-corrected chi connectivity index (χ3v) is 6.13. The van der Waals surface area contributed by atoms with Crippen LogP contribution in [-0.4, -0.2) is 50.7 Å². The monoisotopic (exact) mass is 437 g/mol. The van der Waals surface area contributed by atoms with E-state index in [2.05, 4.69) is 4.90 Å². The number of pyridine rings is 1. The van der Waals surface area contributed by atoms with Crippen LogP contribution in [-0.2, 0) is 20.1 Å². The summed E-state index contributed by atoms with van der Waals surface area (Å²) in [6.45, 7) is 6.17. The predicted molar refractivity (Wildman–Crippen MR) is 124 cm³/mol. The van der Waals surface area contributed by atoms with E-state index in [-0.39, 0.29) is 35.6 Å². The molecule has 1 aromatic carbocycles. The number of nitrogens with zero attached hydrogens (tertiary/aromatic N) is 5. The number of aromatic nitrogens is 3. The number of aryl methyl sites for hydroxylation is 2. The van der Waals surface area contributed by atoms with Gasteiger partial charge in [-0.2, -0.15) is 0 Å². The molecular formula is C23H27N5O4. The normalized spacial score (nSPS) is 14.2. The molecule has 0 atom stereocenters. The van der Waals surface area contributed by atoms with Gasteiger partial charge in [0, 0.05) is 58.1 Å². The standard InChI is InChI=1S/C23H27N5O4/c1-4-27-18(29)15-17(19-20(27)24(3)23(32)28(5-2)22(19)31)21(30)26-13-11-25(12-14-26)16-9-7-6-8-10-16/h6-10,15H,4-5,11-14H2,1-3H3. The molecule has 0 spiro atoms. The van der Waals surface area contributed by atoms with Crippen molar-refractivity contribution < 1.29 is 4.79 Å². The summed E-state index contributed by atoms with van der Waals surface area (Å²) in [7, 11) is 1.52. The second kappa shape index (κ2) is 8.49. The quantitative estimate of drug-likeness (QED) is 0.604. The molecule has 0 aliphatic carbocycles. The van der Waals surface area contributed by atoms with Crippen LogP contribution in [0.3, 0.4) is 0 Å². The summed E-state index contributed by atoms with van der Waals surface area (Å²) in [6, 6.07) is 11.2. The maximum atomic E-state index is 13.5. The first-order chi connectivity index (χ1) is 15.4. The first kappa shape index (κ1) is 21.6. The molecule has 9 heteroatoms. The van der Waals surface area contributed by atoms with Crippen molar-refractivity contribution in [1.82, 2.24) is 18.6 Å². The molecule has 1 aliphatic heterocycles. The summed E-state index contributed by atoms with van der Waals surface area (Å²) < 4.78 is 3.74. The Kier molecular flexibility index (Phi) is 5.73. The minimum Gasteiger partial charge on any atom is -0.368 e. The zero-order chi connectivity index (χ0) is 23.0. The minimum absolute atomic E-state index is 0.0608. The summed E-state index contributed by atoms with van der Waals surface area (Å²) in [5.41, 5.74) is -0.116. The van der Waals surface area contributed by atoms with Crippen LogP contribution in [0, 0.1) is 0 Å². The fourth-order valence-corrected chi connectivity index (χ4v) is 4.42. The molecular weight excluding hydrogens is 410 g/mol. The van der Waals surface area contributed by atoms with Crippen molar-refractivity contribution in [2.24, 2.45) is 7.05 Å². The van der Waals surface area contributed by atoms with Gasteiger partial charge in [0.1, 0.15) is 5.65 Å². The van der Waals surface area contributed by atoms with E-state index in [1.54, 1.807) is 18.7 Å². The number of benzene rings is 1. The zero-order valence-corrected chi connectivity index (χ0v) is 18.6. The van der Waals surface area contributed by atoms with E-state index in [0.29, 0.717) is 26.2 Å². The maximum absolute atomic E-state index is 13.5. The van der Waals surface area contributed by atoms with Crippen molar-refractivity contribution in [2.75, 3.05) is 31.1 Å². The number of rotatable bonds is 4. The molecule has 9 nitrogen and oxygen atoms in total. The second-order valence-electron chi connectivity index (χ2n) is 7.84. The van der Waals surface area contributed by atoms with Crippen LogP contribution in [0.15, 0.2) is 50.8 Å². The molecule has 32 heavy (non-hydrogen) atoms. The maximum Gasteiger partial charge on any atom is 0.332 e. The minimum atomic E-state index is -0.543. The van der Waals surface area contributed by atoms with Gasteiger partial charge in [-0.3, -0.25) is 28.1 Å². The highest BCUT2D eigenvalue weighted by atomic mass is 16.2. The molecule has 0 bridgehead atoms. The van der Waals surface area contributed by atoms with Crippen LogP contribution in [0.4, 0.5) is 5.69 Å². The second-order valence-corrected chi connectivity index (χ2v) is 7.84. The number of anilines is 1. The fourth-order valence-electron chi connectivity index (χ4n) is 4.42. The van der Waals surface area contributed by atoms with Crippen molar-refractivity contribution in [3.05, 3.63) is 73.2 Å². The molecule has 1 amide bonds. The van der Waals surface area contributed by atoms with Crippen LogP contribution < -0.4 is 21.7 Å². The Morgan fingerprint density at radius 1 is 0.906 bits per heavy atom. The lowest BCUT2D eigenvalue weighted by molar-refractivity contribution is 0.0748. The zero-order valence-electron chi connectivity index (χ0n) is 18.6. The Morgan fingerprint density at radius 3 is 2.12 bits per heavy atom. The van der Waals surface area contributed by atoms with E-state index in [9.17, 15) is 19.2 Å². The van der Waals surface area contributed by atoms with Crippen LogP contribution in [0.25, 0.3) is 11.0 Å². The number of carbonyl (C=O) groups is 1. The average molecular weight is 438 g/mol. The molecule has 0 saturated carbocycles. The highest BCUT2D eigenvalue weighted by Gasteiger charge is 2.27. The van der Waals surface area contributed by atoms with Gasteiger partial charge >= 0.3 is 5.69 Å². The van der Waals surface area contributed by atoms with E-state index in [0.717, 1.165) is 10.3 Å². The number of amides is 1. The topological polar surface area (TPSA) is 89.6 Å². The summed E-state index contributed by atoms with van der Waals surface area (Å²) in [4.78, 5) is 56.0. The van der Waals surface area contributed by atoms with Gasteiger partial charge < -0.3 is 9.80 Å². The Bertz CT molecular complexity index is 1350. The summed E-state index contributed by atoms with van der Waals surface area (Å²) in [5.74, 6) is -0.360. The Morgan fingerprint density at radius 2 is 1.53 bits per heavy atom. The number of fused-ring (bicyclic) bond motifs is 1. The summed E-state index contributed by atoms with van der Waals surface area (Å²) in [6.07, 6.45) is 0. The van der Waals surface area contributed by atoms with Gasteiger partial charge in [0.05, 0.1) is 10.9 Å². The average Bonchev–Trinajstić information content (AvgIpc) is 2.82. The van der Waals surface area contributed by atoms with Gasteiger partial charge in [-0.1, -0.05) is 18.2 Å². The van der Waals surface area contributed by atoms with E-state index in [4.69, 9.17) is 0 Å². The largest absolute Gasteiger partial charge is 0.368 e. The Hall–Kier alpha value is -3.62. The van der Waals surface area contributed by atoms with E-state index in [1.807, 2.05) is 30.3 Å². The van der Waals surface area contributed by atoms with Crippen molar-refractivity contribution in [2.45, 2.75) is 26.9 Å². The SMILES string of the molecule is CCn1c(=O)c2c(C(=O)N3CCN(c4ccccc4)CC3)cc(=O)n(CC)c2n(C)c1=O. The first-order valence-corrected chi connectivity index (χ1v) is 10.9. The van der Waals surface area contributed by atoms with E-state index < -0.39 is 16.8 Å². The van der Waals surface area contributed by atoms with E-state index >= 15 is 0 Å². The highest BCUT2D eigenvalue weighted by Crippen LogP contribution is 2.19. The predicted octanol–water partition coefficient (Wildman–Crippen LogP) is 0.864. The highest BCUT2D eigenvalue weighted by molar-refractivity contribution is 6.05. The molecule has 3 heterocycles. The summed E-state index contributed by atoms with van der Waals surface area (Å²) in [5, 5.41) is 0.117. The molecule has 0 unspecified atom stereocenters. The van der Waals surface area contributed by atoms with E-state index in [1.165, 1.54) is 22.2 Å². The lowest BCUT2D eigenvalue weighted by Gasteiger charge is -2.36. The molecule has 168 valence electrons. The van der Waals surface area contributed by atoms with Crippen LogP contribution in [0.5, 0.6) is 0 Å². The van der Waals surface area contributed by atoms with Crippen molar-refractivity contribution >= 4 is 22.6 Å². The van der Waals surface area contributed by atoms with Gasteiger partial charge in [-0.05, 0) is 26.0 Å². The molecule has 1 saturated heterocycles. The Balaban J connectivity index is 1.79. The number of hydrogen-bond acceptors (Lipinski definition) is 5. The number of hydrogen-bond donors (Lipinski definition) is 0. The third-order valence-electron chi connectivity index (χ3n) is 6.13. The number of carbonyl (C=O) groups excluding carboxylic acids is 1. The van der Waals surface area contributed by atoms with Crippen LogP contribution >= 0.6 is 0 Å². The van der Waals surface area contributed by atoms with Crippen molar-refractivity contribution in [3.8, 4) is 0 Å². The third kappa shape index (κ3) is 3.43. The molecule has 3 aromatic rings. The van der Waals surface area contributed by atoms with Gasteiger partial charge in [-0.15, -0.1) is 0 Å². The molecule has 0 N–H and O–H groups in total. The van der Waals surface area contributed by atoms with Gasteiger partial charge in [0.2, 0.25) is 0 Å². The van der Waals surface area contributed by atoms with Crippen LogP contribution in [0.1, 0.15) is 24.2 Å². The summed E-state index contributed by atoms with van der Waals surface area (Å²) >= 11 is 0. The number of para-hydroxylation sites is 1. The first-order valence-electron chi connectivity index (χ1n) is 10.9.